The van der Waals surface area contributed by atoms with Crippen LogP contribution in [0.4, 0.5) is 0 Å². The largest absolute Gasteiger partial charge is 0.753 e. The minimum Gasteiger partial charge on any atom is -0.753 e. The van der Waals surface area contributed by atoms with Crippen molar-refractivity contribution in [3.8, 4) is 0 Å². The van der Waals surface area contributed by atoms with Crippen molar-refractivity contribution in [1.82, 2.24) is 5.06 Å². The molecule has 0 amide bonds. The number of rotatable bonds is 2. The number of hydrogen-bond acceptors (Lipinski definition) is 3. The van der Waals surface area contributed by atoms with Crippen LogP contribution < -0.4 is 0 Å². The molecule has 0 bridgehead atoms. The summed E-state index contributed by atoms with van der Waals surface area (Å²) in [5, 5.41) is 14.0. The molecule has 112 valence electrons. The predicted molar refractivity (Wildman–Crippen MR) is 86.7 cm³/mol. The molecule has 1 aliphatic rings. The van der Waals surface area contributed by atoms with Crippen molar-refractivity contribution in [2.24, 2.45) is 0 Å². The predicted octanol–water partition coefficient (Wildman–Crippen LogP) is 4.49. The molecule has 0 aromatic heterocycles. The van der Waals surface area contributed by atoms with Gasteiger partial charge < -0.3 is 10.3 Å². The third-order valence-electron chi connectivity index (χ3n) is 4.08. The molecule has 2 aromatic rings. The van der Waals surface area contributed by atoms with Gasteiger partial charge in [0.15, 0.2) is 0 Å². The summed E-state index contributed by atoms with van der Waals surface area (Å²) in [5.41, 5.74) is 0.798. The maximum atomic E-state index is 12.9. The van der Waals surface area contributed by atoms with E-state index in [9.17, 15) is 10.1 Å². The number of nitrogens with zero attached hydrogens (tertiary/aromatic N) is 2. The Hall–Kier alpha value is -2.17. The Morgan fingerprint density at radius 2 is 1.68 bits per heavy atom. The molecule has 1 aliphatic heterocycles. The zero-order chi connectivity index (χ0) is 15.9. The number of halogens is 1. The van der Waals surface area contributed by atoms with Crippen molar-refractivity contribution in [2.75, 3.05) is 0 Å². The fourth-order valence-corrected chi connectivity index (χ4v) is 2.92. The summed E-state index contributed by atoms with van der Waals surface area (Å²) in [6.07, 6.45) is 0. The van der Waals surface area contributed by atoms with E-state index in [1.807, 2.05) is 30.3 Å². The third-order valence-corrected chi connectivity index (χ3v) is 4.33. The minimum absolute atomic E-state index is 0.396. The molecular weight excluding hydrogens is 300 g/mol. The number of nitroso groups, excluding NO2 is 1. The van der Waals surface area contributed by atoms with Crippen LogP contribution in [-0.2, 0) is 5.66 Å². The molecule has 0 radical (unpaired) electrons. The smallest absolute Gasteiger partial charge is 0.306 e. The topological polar surface area (TPSA) is 46.4 Å². The van der Waals surface area contributed by atoms with Gasteiger partial charge >= 0.3 is 5.66 Å². The molecule has 22 heavy (non-hydrogen) atoms. The maximum Gasteiger partial charge on any atom is 0.306 e. The molecule has 1 heterocycles. The van der Waals surface area contributed by atoms with Gasteiger partial charge in [0.1, 0.15) is 0 Å². The van der Waals surface area contributed by atoms with Gasteiger partial charge in [-0.15, -0.1) is 0 Å². The van der Waals surface area contributed by atoms with Gasteiger partial charge in [0.2, 0.25) is 0 Å². The van der Waals surface area contributed by atoms with E-state index in [0.717, 1.165) is 15.4 Å². The Morgan fingerprint density at radius 3 is 2.27 bits per heavy atom. The summed E-state index contributed by atoms with van der Waals surface area (Å²) in [7, 11) is 0. The van der Waals surface area contributed by atoms with Crippen molar-refractivity contribution in [3.63, 3.8) is 0 Å². The first kappa shape index (κ1) is 14.8. The fraction of sp³-hybridized carbons (Fsp3) is 0.176. The van der Waals surface area contributed by atoms with Gasteiger partial charge in [0.25, 0.3) is 5.70 Å². The fourth-order valence-electron chi connectivity index (χ4n) is 2.79. The van der Waals surface area contributed by atoms with Gasteiger partial charge in [-0.05, 0) is 43.3 Å². The van der Waals surface area contributed by atoms with Gasteiger partial charge in [-0.2, -0.15) is 0 Å². The van der Waals surface area contributed by atoms with Gasteiger partial charge in [-0.25, -0.2) is 0 Å². The highest BCUT2D eigenvalue weighted by molar-refractivity contribution is 6.30. The second-order valence-corrected chi connectivity index (χ2v) is 5.85. The average molecular weight is 315 g/mol. The Bertz CT molecular complexity index is 756. The Kier molecular flexibility index (Phi) is 3.51. The molecule has 0 saturated carbocycles. The van der Waals surface area contributed by atoms with Gasteiger partial charge in [-0.1, -0.05) is 29.8 Å². The Labute approximate surface area is 133 Å². The van der Waals surface area contributed by atoms with E-state index in [1.54, 1.807) is 38.1 Å². The molecule has 1 atom stereocenters. The standard InChI is InChI=1S/C17H15ClN2O2/c1-12-16(13-6-4-3-5-7-13)20(22)17(2,19(12)21)14-8-10-15(18)11-9-14/h3-11H,1-2H3/t17-/m1/s1. The SMILES string of the molecule is CC1=C(c2ccccc2)[N+](=O)[C@](C)(c2ccc(Cl)cc2)N1[O-]. The second-order valence-electron chi connectivity index (χ2n) is 5.42. The van der Waals surface area contributed by atoms with Crippen LogP contribution in [0.5, 0.6) is 0 Å². The molecule has 2 aromatic carbocycles. The van der Waals surface area contributed by atoms with Crippen LogP contribution in [0.3, 0.4) is 0 Å². The zero-order valence-corrected chi connectivity index (χ0v) is 13.0. The highest BCUT2D eigenvalue weighted by Gasteiger charge is 2.54. The van der Waals surface area contributed by atoms with Crippen LogP contribution in [0.25, 0.3) is 5.70 Å². The van der Waals surface area contributed by atoms with E-state index in [1.165, 1.54) is 0 Å². The Morgan fingerprint density at radius 1 is 1.09 bits per heavy atom. The van der Waals surface area contributed by atoms with Crippen LogP contribution in [0.15, 0.2) is 60.3 Å². The molecule has 4 nitrogen and oxygen atoms in total. The summed E-state index contributed by atoms with van der Waals surface area (Å²) in [5.74, 6) is 0. The van der Waals surface area contributed by atoms with Crippen molar-refractivity contribution in [3.05, 3.63) is 86.6 Å². The maximum absolute atomic E-state index is 12.9. The molecule has 0 saturated heterocycles. The zero-order valence-electron chi connectivity index (χ0n) is 12.3. The van der Waals surface area contributed by atoms with E-state index < -0.39 is 5.66 Å². The summed E-state index contributed by atoms with van der Waals surface area (Å²) in [6, 6.07) is 16.0. The molecule has 0 N–H and O–H groups in total. The first-order valence-electron chi connectivity index (χ1n) is 6.93. The number of benzene rings is 2. The number of allylic oxidation sites excluding steroid dienone is 1. The van der Waals surface area contributed by atoms with Crippen molar-refractivity contribution in [1.29, 1.82) is 0 Å². The summed E-state index contributed by atoms with van der Waals surface area (Å²) < 4.78 is 0.786. The van der Waals surface area contributed by atoms with Crippen molar-refractivity contribution in [2.45, 2.75) is 19.5 Å². The van der Waals surface area contributed by atoms with Crippen LogP contribution >= 0.6 is 11.6 Å². The summed E-state index contributed by atoms with van der Waals surface area (Å²) in [6.45, 7) is 3.29. The summed E-state index contributed by atoms with van der Waals surface area (Å²) >= 11 is 5.90. The lowest BCUT2D eigenvalue weighted by molar-refractivity contribution is -0.565. The molecule has 0 unspecified atom stereocenters. The molecule has 0 fully saturated rings. The van der Waals surface area contributed by atoms with Crippen molar-refractivity contribution < 1.29 is 4.76 Å². The van der Waals surface area contributed by atoms with E-state index in [4.69, 9.17) is 11.6 Å². The molecule has 3 rings (SSSR count). The molecule has 5 heteroatoms. The van der Waals surface area contributed by atoms with Crippen molar-refractivity contribution >= 4 is 17.3 Å². The Balaban J connectivity index is 2.11. The number of hydroxylamine groups is 2. The molecular formula is C17H15ClN2O2. The van der Waals surface area contributed by atoms with Gasteiger partial charge in [-0.3, -0.25) is 0 Å². The summed E-state index contributed by atoms with van der Waals surface area (Å²) in [4.78, 5) is 12.9. The van der Waals surface area contributed by atoms with E-state index in [2.05, 4.69) is 0 Å². The highest BCUT2D eigenvalue weighted by Crippen LogP contribution is 2.43. The van der Waals surface area contributed by atoms with Crippen LogP contribution in [0.1, 0.15) is 25.0 Å². The first-order chi connectivity index (χ1) is 10.5. The van der Waals surface area contributed by atoms with E-state index in [-0.39, 0.29) is 0 Å². The van der Waals surface area contributed by atoms with Crippen LogP contribution in [-0.4, -0.2) is 9.82 Å². The third kappa shape index (κ3) is 2.03. The van der Waals surface area contributed by atoms with Crippen LogP contribution in [0, 0.1) is 10.1 Å². The molecule has 0 aliphatic carbocycles. The number of hydrogen-bond donors (Lipinski definition) is 0. The second kappa shape index (κ2) is 5.23. The van der Waals surface area contributed by atoms with Gasteiger partial charge in [0.05, 0.1) is 16.0 Å². The first-order valence-corrected chi connectivity index (χ1v) is 7.31. The lowest BCUT2D eigenvalue weighted by Gasteiger charge is -2.35. The lowest BCUT2D eigenvalue weighted by atomic mass is 10.0. The monoisotopic (exact) mass is 314 g/mol. The normalized spacial score (nSPS) is 21.6. The minimum atomic E-state index is -1.33. The lowest BCUT2D eigenvalue weighted by Crippen LogP contribution is -2.41. The quantitative estimate of drug-likeness (QED) is 0.767. The van der Waals surface area contributed by atoms with Gasteiger partial charge in [0, 0.05) is 22.4 Å². The average Bonchev–Trinajstić information content (AvgIpc) is 2.71. The van der Waals surface area contributed by atoms with E-state index >= 15 is 0 Å². The van der Waals surface area contributed by atoms with Crippen LogP contribution in [0.2, 0.25) is 5.02 Å². The molecule has 0 spiro atoms. The van der Waals surface area contributed by atoms with E-state index in [0.29, 0.717) is 22.0 Å². The highest BCUT2D eigenvalue weighted by atomic mass is 35.5.